The van der Waals surface area contributed by atoms with Crippen molar-refractivity contribution in [1.82, 2.24) is 0 Å². The molecule has 5 nitrogen and oxygen atoms in total. The van der Waals surface area contributed by atoms with Crippen LogP contribution < -0.4 is 0 Å². The number of carbonyl (C=O) groups excluding carboxylic acids is 1. The summed E-state index contributed by atoms with van der Waals surface area (Å²) in [5.74, 6) is -0.290. The summed E-state index contributed by atoms with van der Waals surface area (Å²) in [6, 6.07) is 0. The highest BCUT2D eigenvalue weighted by Gasteiger charge is 2.31. The lowest BCUT2D eigenvalue weighted by atomic mass is 9.76. The van der Waals surface area contributed by atoms with E-state index in [0.29, 0.717) is 33.0 Å². The second kappa shape index (κ2) is 12.5. The fourth-order valence-corrected chi connectivity index (χ4v) is 2.39. The van der Waals surface area contributed by atoms with Crippen LogP contribution in [0, 0.1) is 5.41 Å². The van der Waals surface area contributed by atoms with Gasteiger partial charge in [0, 0.05) is 6.92 Å². The molecule has 0 amide bonds. The van der Waals surface area contributed by atoms with Crippen LogP contribution in [-0.4, -0.2) is 51.2 Å². The van der Waals surface area contributed by atoms with Gasteiger partial charge in [0.25, 0.3) is 0 Å². The first-order valence-electron chi connectivity index (χ1n) is 8.87. The molecule has 0 aliphatic heterocycles. The molecule has 0 spiro atoms. The molecule has 0 fully saturated rings. The second-order valence-electron chi connectivity index (χ2n) is 6.61. The largest absolute Gasteiger partial charge is 0.463 e. The third kappa shape index (κ3) is 10.8. The highest BCUT2D eigenvalue weighted by Crippen LogP contribution is 2.36. The maximum atomic E-state index is 10.6. The highest BCUT2D eigenvalue weighted by molar-refractivity contribution is 5.65. The summed E-state index contributed by atoms with van der Waals surface area (Å²) in [5.41, 5.74) is -0.0652. The zero-order valence-corrected chi connectivity index (χ0v) is 16.2. The van der Waals surface area contributed by atoms with Crippen LogP contribution in [0.3, 0.4) is 0 Å². The minimum Gasteiger partial charge on any atom is -0.463 e. The molecule has 0 rings (SSSR count). The molecule has 0 aromatic heterocycles. The van der Waals surface area contributed by atoms with Gasteiger partial charge >= 0.3 is 5.97 Å². The molecule has 0 bridgehead atoms. The van der Waals surface area contributed by atoms with Crippen LogP contribution >= 0.6 is 0 Å². The van der Waals surface area contributed by atoms with Gasteiger partial charge in [0.2, 0.25) is 0 Å². The van der Waals surface area contributed by atoms with Gasteiger partial charge < -0.3 is 18.9 Å². The molecule has 0 N–H and O–H groups in total. The maximum Gasteiger partial charge on any atom is 0.302 e. The first-order valence-corrected chi connectivity index (χ1v) is 8.87. The Kier molecular flexibility index (Phi) is 12.0. The predicted octanol–water partition coefficient (Wildman–Crippen LogP) is 3.76. The molecular formula is C19H36O5. The molecule has 2 unspecified atom stereocenters. The van der Waals surface area contributed by atoms with E-state index < -0.39 is 0 Å². The monoisotopic (exact) mass is 344 g/mol. The number of allylic oxidation sites excluding steroid dienone is 1. The number of esters is 1. The zero-order valence-electron chi connectivity index (χ0n) is 16.2. The van der Waals surface area contributed by atoms with Crippen LogP contribution in [-0.2, 0) is 23.7 Å². The predicted molar refractivity (Wildman–Crippen MR) is 96.1 cm³/mol. The van der Waals surface area contributed by atoms with Gasteiger partial charge in [-0.05, 0) is 31.6 Å². The van der Waals surface area contributed by atoms with Crippen molar-refractivity contribution < 1.29 is 23.7 Å². The van der Waals surface area contributed by atoms with E-state index in [2.05, 4.69) is 34.3 Å². The maximum absolute atomic E-state index is 10.6. The van der Waals surface area contributed by atoms with E-state index in [9.17, 15) is 4.79 Å². The molecular weight excluding hydrogens is 308 g/mol. The Hall–Kier alpha value is -0.910. The van der Waals surface area contributed by atoms with Crippen molar-refractivity contribution in [2.45, 2.75) is 59.5 Å². The minimum atomic E-state index is -0.290. The first kappa shape index (κ1) is 23.1. The lowest BCUT2D eigenvalue weighted by molar-refractivity contribution is -0.142. The third-order valence-electron chi connectivity index (χ3n) is 4.41. The Morgan fingerprint density at radius 3 is 1.96 bits per heavy atom. The number of hydrogen-bond donors (Lipinski definition) is 0. The lowest BCUT2D eigenvalue weighted by Gasteiger charge is -2.37. The van der Waals surface area contributed by atoms with E-state index >= 15 is 0 Å². The lowest BCUT2D eigenvalue weighted by Crippen LogP contribution is -2.35. The summed E-state index contributed by atoms with van der Waals surface area (Å²) in [7, 11) is 0. The molecule has 2 atom stereocenters. The number of carbonyl (C=O) groups is 1. The second-order valence-corrected chi connectivity index (χ2v) is 6.61. The first-order chi connectivity index (χ1) is 11.3. The Morgan fingerprint density at radius 2 is 1.50 bits per heavy atom. The molecule has 0 heterocycles. The summed E-state index contributed by atoms with van der Waals surface area (Å²) in [4.78, 5) is 10.6. The van der Waals surface area contributed by atoms with Crippen molar-refractivity contribution in [3.05, 3.63) is 12.7 Å². The Balaban J connectivity index is 3.80. The van der Waals surface area contributed by atoms with Crippen molar-refractivity contribution in [2.75, 3.05) is 39.6 Å². The van der Waals surface area contributed by atoms with Gasteiger partial charge in [-0.2, -0.15) is 0 Å². The highest BCUT2D eigenvalue weighted by atomic mass is 16.6. The summed E-state index contributed by atoms with van der Waals surface area (Å²) in [5, 5.41) is 0. The minimum absolute atomic E-state index is 0.0986. The van der Waals surface area contributed by atoms with Crippen molar-refractivity contribution in [2.24, 2.45) is 5.41 Å². The summed E-state index contributed by atoms with van der Waals surface area (Å²) >= 11 is 0. The Labute approximate surface area is 147 Å². The van der Waals surface area contributed by atoms with Crippen LogP contribution in [0.15, 0.2) is 12.7 Å². The molecule has 0 saturated heterocycles. The zero-order chi connectivity index (χ0) is 18.5. The van der Waals surface area contributed by atoms with E-state index in [1.807, 2.05) is 6.08 Å². The number of ether oxygens (including phenoxy) is 4. The smallest absolute Gasteiger partial charge is 0.302 e. The summed E-state index contributed by atoms with van der Waals surface area (Å²) in [6.45, 7) is 16.8. The molecule has 0 aromatic rings. The average molecular weight is 344 g/mol. The summed E-state index contributed by atoms with van der Waals surface area (Å²) in [6.07, 6.45) is 5.00. The van der Waals surface area contributed by atoms with Crippen LogP contribution in [0.4, 0.5) is 0 Å². The van der Waals surface area contributed by atoms with E-state index in [-0.39, 0.29) is 23.6 Å². The van der Waals surface area contributed by atoms with E-state index in [0.717, 1.165) is 19.3 Å². The Morgan fingerprint density at radius 1 is 0.958 bits per heavy atom. The molecule has 0 radical (unpaired) electrons. The number of rotatable bonds is 15. The van der Waals surface area contributed by atoms with Crippen LogP contribution in [0.2, 0.25) is 0 Å². The normalized spacial score (nSPS) is 16.2. The van der Waals surface area contributed by atoms with Crippen molar-refractivity contribution in [3.8, 4) is 0 Å². The van der Waals surface area contributed by atoms with E-state index in [1.54, 1.807) is 0 Å². The molecule has 0 aliphatic rings. The van der Waals surface area contributed by atoms with Gasteiger partial charge in [-0.1, -0.05) is 26.8 Å². The summed E-state index contributed by atoms with van der Waals surface area (Å²) < 4.78 is 21.6. The molecule has 142 valence electrons. The SMILES string of the molecule is C=CC(C)(CC)CC(C)(CC)OCCOCCOCCOC(C)=O. The average Bonchev–Trinajstić information content (AvgIpc) is 2.56. The van der Waals surface area contributed by atoms with Crippen molar-refractivity contribution in [1.29, 1.82) is 0 Å². The van der Waals surface area contributed by atoms with Gasteiger partial charge in [-0.25, -0.2) is 0 Å². The molecule has 0 aliphatic carbocycles. The topological polar surface area (TPSA) is 54.0 Å². The molecule has 0 aromatic carbocycles. The fraction of sp³-hybridized carbons (Fsp3) is 0.842. The standard InChI is InChI=1S/C19H36O5/c1-7-18(5,8-2)16-19(6,9-3)24-15-13-22-11-10-21-12-14-23-17(4)20/h7H,1,8-16H2,2-6H3. The van der Waals surface area contributed by atoms with Gasteiger partial charge in [-0.3, -0.25) is 4.79 Å². The molecule has 5 heteroatoms. The molecule has 0 saturated carbocycles. The van der Waals surface area contributed by atoms with Gasteiger partial charge in [-0.15, -0.1) is 6.58 Å². The van der Waals surface area contributed by atoms with Crippen molar-refractivity contribution >= 4 is 5.97 Å². The van der Waals surface area contributed by atoms with Gasteiger partial charge in [0.05, 0.1) is 38.6 Å². The van der Waals surface area contributed by atoms with Gasteiger partial charge in [0.1, 0.15) is 6.61 Å². The molecule has 24 heavy (non-hydrogen) atoms. The van der Waals surface area contributed by atoms with Crippen LogP contribution in [0.25, 0.3) is 0 Å². The van der Waals surface area contributed by atoms with Crippen LogP contribution in [0.1, 0.15) is 53.9 Å². The number of hydrogen-bond acceptors (Lipinski definition) is 5. The quantitative estimate of drug-likeness (QED) is 0.257. The van der Waals surface area contributed by atoms with E-state index in [4.69, 9.17) is 18.9 Å². The fourth-order valence-electron chi connectivity index (χ4n) is 2.39. The van der Waals surface area contributed by atoms with Crippen molar-refractivity contribution in [3.63, 3.8) is 0 Å². The van der Waals surface area contributed by atoms with Gasteiger partial charge in [0.15, 0.2) is 0 Å². The van der Waals surface area contributed by atoms with E-state index in [1.165, 1.54) is 6.92 Å². The Bertz CT molecular complexity index is 358. The third-order valence-corrected chi connectivity index (χ3v) is 4.41. The van der Waals surface area contributed by atoms with Crippen LogP contribution in [0.5, 0.6) is 0 Å².